The van der Waals surface area contributed by atoms with Gasteiger partial charge in [-0.05, 0) is 37.1 Å². The fourth-order valence-electron chi connectivity index (χ4n) is 3.45. The van der Waals surface area contributed by atoms with Crippen LogP contribution in [-0.2, 0) is 16.1 Å². The van der Waals surface area contributed by atoms with Gasteiger partial charge in [0.25, 0.3) is 0 Å². The van der Waals surface area contributed by atoms with Gasteiger partial charge in [0.15, 0.2) is 0 Å². The summed E-state index contributed by atoms with van der Waals surface area (Å²) in [7, 11) is 1.80. The third-order valence-electron chi connectivity index (χ3n) is 5.34. The van der Waals surface area contributed by atoms with E-state index >= 15 is 0 Å². The third kappa shape index (κ3) is 4.51. The number of halogens is 1. The van der Waals surface area contributed by atoms with Crippen molar-refractivity contribution < 1.29 is 9.59 Å². The van der Waals surface area contributed by atoms with E-state index in [0.29, 0.717) is 18.1 Å². The molecule has 4 nitrogen and oxygen atoms in total. The number of hydrogen-bond acceptors (Lipinski definition) is 2. The van der Waals surface area contributed by atoms with Crippen molar-refractivity contribution in [2.45, 2.75) is 32.9 Å². The summed E-state index contributed by atoms with van der Waals surface area (Å²) in [5.74, 6) is -0.235. The van der Waals surface area contributed by atoms with E-state index in [1.165, 1.54) is 5.56 Å². The lowest BCUT2D eigenvalue weighted by Gasteiger charge is -2.28. The van der Waals surface area contributed by atoms with Crippen LogP contribution in [0, 0.1) is 12.8 Å². The molecule has 1 fully saturated rings. The van der Waals surface area contributed by atoms with Crippen LogP contribution in [0.15, 0.2) is 48.5 Å². The minimum atomic E-state index is -0.289. The van der Waals surface area contributed by atoms with E-state index in [2.05, 4.69) is 0 Å². The summed E-state index contributed by atoms with van der Waals surface area (Å²) in [6.45, 7) is 5.06. The summed E-state index contributed by atoms with van der Waals surface area (Å²) in [6.07, 6.45) is 0.280. The van der Waals surface area contributed by atoms with E-state index in [1.54, 1.807) is 16.8 Å². The number of amides is 2. The lowest BCUT2D eigenvalue weighted by molar-refractivity contribution is -0.136. The highest BCUT2D eigenvalue weighted by Crippen LogP contribution is 2.27. The molecule has 1 heterocycles. The van der Waals surface area contributed by atoms with Crippen molar-refractivity contribution in [2.75, 3.05) is 13.6 Å². The molecule has 3 rings (SSSR count). The van der Waals surface area contributed by atoms with Crippen LogP contribution in [0.4, 0.5) is 0 Å². The molecule has 2 unspecified atom stereocenters. The SMILES string of the molecule is Cc1ccc(CN2CC(C(=O)N(C)C(C)c3ccc(Cl)cc3)CC2=O)cc1. The molecular weight excluding hydrogens is 360 g/mol. The maximum Gasteiger partial charge on any atom is 0.228 e. The number of nitrogens with zero attached hydrogens (tertiary/aromatic N) is 2. The molecular formula is C22H25ClN2O2. The molecule has 1 aliphatic heterocycles. The zero-order chi connectivity index (χ0) is 19.6. The lowest BCUT2D eigenvalue weighted by Crippen LogP contribution is -2.36. The lowest BCUT2D eigenvalue weighted by atomic mass is 10.0. The zero-order valence-corrected chi connectivity index (χ0v) is 16.7. The molecule has 0 saturated carbocycles. The minimum Gasteiger partial charge on any atom is -0.339 e. The standard InChI is InChI=1S/C22H25ClN2O2/c1-15-4-6-17(7-5-15)13-25-14-19(12-21(25)26)22(27)24(3)16(2)18-8-10-20(23)11-9-18/h4-11,16,19H,12-14H2,1-3H3. The van der Waals surface area contributed by atoms with Crippen molar-refractivity contribution in [2.24, 2.45) is 5.92 Å². The molecule has 2 amide bonds. The normalized spacial score (nSPS) is 17.9. The predicted octanol–water partition coefficient (Wildman–Crippen LogP) is 4.22. The first kappa shape index (κ1) is 19.4. The molecule has 2 aromatic carbocycles. The minimum absolute atomic E-state index is 0.0113. The third-order valence-corrected chi connectivity index (χ3v) is 5.59. The molecule has 2 atom stereocenters. The summed E-state index contributed by atoms with van der Waals surface area (Å²) in [5.41, 5.74) is 3.30. The highest BCUT2D eigenvalue weighted by molar-refractivity contribution is 6.30. The molecule has 142 valence electrons. The van der Waals surface area contributed by atoms with Crippen molar-refractivity contribution in [1.29, 1.82) is 0 Å². The number of carbonyl (C=O) groups is 2. The van der Waals surface area contributed by atoms with Crippen LogP contribution >= 0.6 is 11.6 Å². The van der Waals surface area contributed by atoms with Gasteiger partial charge in [-0.3, -0.25) is 9.59 Å². The number of carbonyl (C=O) groups excluding carboxylic acids is 2. The Bertz CT molecular complexity index is 817. The summed E-state index contributed by atoms with van der Waals surface area (Å²) >= 11 is 5.95. The summed E-state index contributed by atoms with van der Waals surface area (Å²) < 4.78 is 0. The average molecular weight is 385 g/mol. The van der Waals surface area contributed by atoms with E-state index in [1.807, 2.05) is 62.4 Å². The molecule has 1 saturated heterocycles. The molecule has 0 aromatic heterocycles. The predicted molar refractivity (Wildman–Crippen MR) is 107 cm³/mol. The first-order valence-corrected chi connectivity index (χ1v) is 9.58. The van der Waals surface area contributed by atoms with Crippen LogP contribution in [0.5, 0.6) is 0 Å². The first-order valence-electron chi connectivity index (χ1n) is 9.20. The Kier molecular flexibility index (Phi) is 5.85. The maximum absolute atomic E-state index is 12.9. The van der Waals surface area contributed by atoms with Crippen molar-refractivity contribution in [3.8, 4) is 0 Å². The smallest absolute Gasteiger partial charge is 0.228 e. The van der Waals surface area contributed by atoms with Gasteiger partial charge in [0.05, 0.1) is 12.0 Å². The Labute approximate surface area is 165 Å². The van der Waals surface area contributed by atoms with E-state index in [-0.39, 0.29) is 30.2 Å². The van der Waals surface area contributed by atoms with Crippen molar-refractivity contribution in [3.05, 3.63) is 70.2 Å². The first-order chi connectivity index (χ1) is 12.8. The van der Waals surface area contributed by atoms with Gasteiger partial charge in [0, 0.05) is 31.6 Å². The molecule has 0 radical (unpaired) electrons. The second-order valence-electron chi connectivity index (χ2n) is 7.34. The van der Waals surface area contributed by atoms with E-state index in [0.717, 1.165) is 11.1 Å². The molecule has 0 N–H and O–H groups in total. The van der Waals surface area contributed by atoms with Gasteiger partial charge in [-0.2, -0.15) is 0 Å². The fourth-order valence-corrected chi connectivity index (χ4v) is 3.57. The Hall–Kier alpha value is -2.33. The van der Waals surface area contributed by atoms with Crippen molar-refractivity contribution >= 4 is 23.4 Å². The summed E-state index contributed by atoms with van der Waals surface area (Å²) in [4.78, 5) is 28.9. The van der Waals surface area contributed by atoms with Gasteiger partial charge in [-0.25, -0.2) is 0 Å². The highest BCUT2D eigenvalue weighted by Gasteiger charge is 2.36. The van der Waals surface area contributed by atoms with Crippen LogP contribution in [-0.4, -0.2) is 35.2 Å². The largest absolute Gasteiger partial charge is 0.339 e. The number of aryl methyl sites for hydroxylation is 1. The molecule has 1 aliphatic rings. The highest BCUT2D eigenvalue weighted by atomic mass is 35.5. The van der Waals surface area contributed by atoms with Gasteiger partial charge < -0.3 is 9.80 Å². The zero-order valence-electron chi connectivity index (χ0n) is 16.0. The molecule has 5 heteroatoms. The Morgan fingerprint density at radius 2 is 1.81 bits per heavy atom. The van der Waals surface area contributed by atoms with Gasteiger partial charge in [-0.15, -0.1) is 0 Å². The molecule has 27 heavy (non-hydrogen) atoms. The van der Waals surface area contributed by atoms with Crippen LogP contribution < -0.4 is 0 Å². The Morgan fingerprint density at radius 3 is 2.44 bits per heavy atom. The molecule has 2 aromatic rings. The van der Waals surface area contributed by atoms with Crippen LogP contribution in [0.3, 0.4) is 0 Å². The van der Waals surface area contributed by atoms with Gasteiger partial charge in [0.2, 0.25) is 11.8 Å². The quantitative estimate of drug-likeness (QED) is 0.774. The topological polar surface area (TPSA) is 40.6 Å². The second kappa shape index (κ2) is 8.13. The molecule has 0 spiro atoms. The van der Waals surface area contributed by atoms with Crippen LogP contribution in [0.25, 0.3) is 0 Å². The second-order valence-corrected chi connectivity index (χ2v) is 7.77. The summed E-state index contributed by atoms with van der Waals surface area (Å²) in [6, 6.07) is 15.6. The van der Waals surface area contributed by atoms with E-state index in [4.69, 9.17) is 11.6 Å². The number of benzene rings is 2. The fraction of sp³-hybridized carbons (Fsp3) is 0.364. The maximum atomic E-state index is 12.9. The number of likely N-dealkylation sites (tertiary alicyclic amines) is 1. The monoisotopic (exact) mass is 384 g/mol. The average Bonchev–Trinajstić information content (AvgIpc) is 3.03. The van der Waals surface area contributed by atoms with Crippen molar-refractivity contribution in [1.82, 2.24) is 9.80 Å². The number of hydrogen-bond donors (Lipinski definition) is 0. The molecule has 0 bridgehead atoms. The Morgan fingerprint density at radius 1 is 1.19 bits per heavy atom. The molecule has 0 aliphatic carbocycles. The van der Waals surface area contributed by atoms with Crippen molar-refractivity contribution in [3.63, 3.8) is 0 Å². The van der Waals surface area contributed by atoms with Gasteiger partial charge >= 0.3 is 0 Å². The Balaban J connectivity index is 1.64. The number of rotatable bonds is 5. The van der Waals surface area contributed by atoms with Gasteiger partial charge in [0.1, 0.15) is 0 Å². The van der Waals surface area contributed by atoms with Gasteiger partial charge in [-0.1, -0.05) is 53.6 Å². The van der Waals surface area contributed by atoms with E-state index < -0.39 is 0 Å². The van der Waals surface area contributed by atoms with Crippen LogP contribution in [0.1, 0.15) is 36.1 Å². The van der Waals surface area contributed by atoms with E-state index in [9.17, 15) is 9.59 Å². The van der Waals surface area contributed by atoms with Crippen LogP contribution in [0.2, 0.25) is 5.02 Å². The summed E-state index contributed by atoms with van der Waals surface area (Å²) in [5, 5.41) is 0.674.